The van der Waals surface area contributed by atoms with Crippen molar-refractivity contribution in [2.24, 2.45) is 0 Å². The second-order valence-corrected chi connectivity index (χ2v) is 5.00. The molecule has 0 saturated carbocycles. The topological polar surface area (TPSA) is 93.8 Å². The van der Waals surface area contributed by atoms with E-state index in [0.29, 0.717) is 5.95 Å². The number of rotatable bonds is 4. The van der Waals surface area contributed by atoms with Gasteiger partial charge in [-0.15, -0.1) is 11.3 Å². The quantitative estimate of drug-likeness (QED) is 0.672. The Hall–Kier alpha value is -2.09. The van der Waals surface area contributed by atoms with E-state index in [1.165, 1.54) is 23.7 Å². The van der Waals surface area contributed by atoms with Crippen molar-refractivity contribution in [3.63, 3.8) is 0 Å². The average Bonchev–Trinajstić information content (AvgIpc) is 2.83. The molecule has 1 N–H and O–H groups in total. The van der Waals surface area contributed by atoms with E-state index in [1.807, 2.05) is 19.2 Å². The van der Waals surface area contributed by atoms with Crippen LogP contribution in [-0.2, 0) is 5.54 Å². The highest BCUT2D eigenvalue weighted by Gasteiger charge is 2.24. The second kappa shape index (κ2) is 4.65. The van der Waals surface area contributed by atoms with Crippen molar-refractivity contribution < 1.29 is 4.92 Å². The Morgan fingerprint density at radius 2 is 2.00 bits per heavy atom. The molecule has 0 aliphatic carbocycles. The lowest BCUT2D eigenvalue weighted by molar-refractivity contribution is -0.385. The second-order valence-electron chi connectivity index (χ2n) is 4.11. The van der Waals surface area contributed by atoms with Gasteiger partial charge in [0.25, 0.3) is 0 Å². The summed E-state index contributed by atoms with van der Waals surface area (Å²) in [6.07, 6.45) is 4.07. The van der Waals surface area contributed by atoms with Crippen LogP contribution in [0.4, 0.5) is 11.6 Å². The van der Waals surface area contributed by atoms with Crippen LogP contribution in [0.3, 0.4) is 0 Å². The third kappa shape index (κ3) is 2.59. The van der Waals surface area contributed by atoms with Crippen LogP contribution in [0.2, 0.25) is 0 Å². The van der Waals surface area contributed by atoms with Crippen molar-refractivity contribution >= 4 is 23.0 Å². The Kier molecular flexibility index (Phi) is 3.19. The van der Waals surface area contributed by atoms with Gasteiger partial charge in [-0.3, -0.25) is 10.1 Å². The van der Waals surface area contributed by atoms with Crippen LogP contribution >= 0.6 is 11.3 Å². The van der Waals surface area contributed by atoms with E-state index < -0.39 is 10.5 Å². The van der Waals surface area contributed by atoms with Crippen LogP contribution < -0.4 is 5.32 Å². The summed E-state index contributed by atoms with van der Waals surface area (Å²) < 4.78 is 0. The lowest BCUT2D eigenvalue weighted by Gasteiger charge is -2.23. The molecule has 2 heterocycles. The monoisotopic (exact) mass is 265 g/mol. The zero-order chi connectivity index (χ0) is 13.2. The van der Waals surface area contributed by atoms with Gasteiger partial charge in [-0.2, -0.15) is 0 Å². The van der Waals surface area contributed by atoms with Gasteiger partial charge in [-0.25, -0.2) is 15.0 Å². The highest BCUT2D eigenvalue weighted by Crippen LogP contribution is 2.25. The summed E-state index contributed by atoms with van der Waals surface area (Å²) in [6, 6.07) is 0. The van der Waals surface area contributed by atoms with E-state index >= 15 is 0 Å². The number of hydrogen-bond acceptors (Lipinski definition) is 7. The molecule has 8 heteroatoms. The van der Waals surface area contributed by atoms with Gasteiger partial charge in [0, 0.05) is 11.6 Å². The van der Waals surface area contributed by atoms with Gasteiger partial charge >= 0.3 is 5.69 Å². The van der Waals surface area contributed by atoms with E-state index in [9.17, 15) is 10.1 Å². The van der Waals surface area contributed by atoms with E-state index in [4.69, 9.17) is 0 Å². The minimum atomic E-state index is -0.532. The molecule has 0 radical (unpaired) electrons. The number of aromatic nitrogens is 3. The predicted molar refractivity (Wildman–Crippen MR) is 67.4 cm³/mol. The predicted octanol–water partition coefficient (Wildman–Crippen LogP) is 2.19. The fraction of sp³-hybridized carbons (Fsp3) is 0.300. The zero-order valence-corrected chi connectivity index (χ0v) is 10.6. The maximum atomic E-state index is 10.5. The van der Waals surface area contributed by atoms with E-state index in [0.717, 1.165) is 5.01 Å². The molecule has 0 amide bonds. The van der Waals surface area contributed by atoms with Gasteiger partial charge in [0.05, 0.1) is 10.5 Å². The van der Waals surface area contributed by atoms with Gasteiger partial charge < -0.3 is 5.32 Å². The summed E-state index contributed by atoms with van der Waals surface area (Å²) in [5, 5.41) is 16.3. The Labute approximate surface area is 107 Å². The Balaban J connectivity index is 2.16. The first-order valence-electron chi connectivity index (χ1n) is 5.13. The number of nitro groups is 1. The number of nitrogens with one attached hydrogen (secondary N) is 1. The highest BCUT2D eigenvalue weighted by atomic mass is 32.1. The molecule has 0 aliphatic heterocycles. The fourth-order valence-electron chi connectivity index (χ4n) is 1.35. The summed E-state index contributed by atoms with van der Waals surface area (Å²) in [5.41, 5.74) is -0.558. The lowest BCUT2D eigenvalue weighted by atomic mass is 10.1. The molecule has 0 aliphatic rings. The summed E-state index contributed by atoms with van der Waals surface area (Å²) in [5.74, 6) is 0.334. The molecular formula is C10H11N5O2S. The zero-order valence-electron chi connectivity index (χ0n) is 9.82. The van der Waals surface area contributed by atoms with Crippen molar-refractivity contribution in [2.45, 2.75) is 19.4 Å². The van der Waals surface area contributed by atoms with Gasteiger partial charge in [0.1, 0.15) is 17.4 Å². The molecule has 18 heavy (non-hydrogen) atoms. The van der Waals surface area contributed by atoms with Crippen LogP contribution in [0.5, 0.6) is 0 Å². The molecule has 0 fully saturated rings. The molecular weight excluding hydrogens is 254 g/mol. The van der Waals surface area contributed by atoms with Gasteiger partial charge in [0.2, 0.25) is 5.95 Å². The third-order valence-electron chi connectivity index (χ3n) is 2.24. The molecule has 0 atom stereocenters. The van der Waals surface area contributed by atoms with Crippen molar-refractivity contribution in [3.05, 3.63) is 39.1 Å². The number of hydrogen-bond donors (Lipinski definition) is 1. The summed E-state index contributed by atoms with van der Waals surface area (Å²) in [6.45, 7) is 3.88. The SMILES string of the molecule is CC(C)(Nc1ncc([N+](=O)[O-])cn1)c1nccs1. The summed E-state index contributed by atoms with van der Waals surface area (Å²) in [4.78, 5) is 22.0. The minimum Gasteiger partial charge on any atom is -0.343 e. The molecule has 2 aromatic heterocycles. The van der Waals surface area contributed by atoms with Crippen LogP contribution in [0, 0.1) is 10.1 Å². The fourth-order valence-corrected chi connectivity index (χ4v) is 2.06. The molecule has 94 valence electrons. The third-order valence-corrected chi connectivity index (χ3v) is 3.34. The molecule has 0 aromatic carbocycles. The molecule has 2 rings (SSSR count). The first-order valence-corrected chi connectivity index (χ1v) is 6.01. The van der Waals surface area contributed by atoms with E-state index in [2.05, 4.69) is 20.3 Å². The standard InChI is InChI=1S/C10H11N5O2S/c1-10(2,8-11-3-4-18-8)14-9-12-5-7(6-13-9)15(16)17/h3-6H,1-2H3,(H,12,13,14). The molecule has 0 saturated heterocycles. The minimum absolute atomic E-state index is 0.132. The molecule has 0 spiro atoms. The van der Waals surface area contributed by atoms with Crippen molar-refractivity contribution in [1.29, 1.82) is 0 Å². The molecule has 0 unspecified atom stereocenters. The van der Waals surface area contributed by atoms with Gasteiger partial charge in [-0.05, 0) is 13.8 Å². The van der Waals surface area contributed by atoms with Crippen LogP contribution in [0.1, 0.15) is 18.9 Å². The lowest BCUT2D eigenvalue weighted by Crippen LogP contribution is -2.28. The number of anilines is 1. The van der Waals surface area contributed by atoms with Crippen molar-refractivity contribution in [1.82, 2.24) is 15.0 Å². The first-order chi connectivity index (χ1) is 8.49. The maximum Gasteiger partial charge on any atom is 0.305 e. The first kappa shape index (κ1) is 12.4. The van der Waals surface area contributed by atoms with Gasteiger partial charge in [-0.1, -0.05) is 0 Å². The average molecular weight is 265 g/mol. The Morgan fingerprint density at radius 3 is 2.50 bits per heavy atom. The largest absolute Gasteiger partial charge is 0.343 e. The number of nitrogens with zero attached hydrogens (tertiary/aromatic N) is 4. The maximum absolute atomic E-state index is 10.5. The van der Waals surface area contributed by atoms with E-state index in [-0.39, 0.29) is 5.69 Å². The highest BCUT2D eigenvalue weighted by molar-refractivity contribution is 7.09. The van der Waals surface area contributed by atoms with E-state index in [1.54, 1.807) is 6.20 Å². The molecule has 0 bridgehead atoms. The van der Waals surface area contributed by atoms with Crippen molar-refractivity contribution in [2.75, 3.05) is 5.32 Å². The molecule has 2 aromatic rings. The number of thiazole rings is 1. The Morgan fingerprint density at radius 1 is 1.33 bits per heavy atom. The van der Waals surface area contributed by atoms with Crippen LogP contribution in [-0.4, -0.2) is 19.9 Å². The van der Waals surface area contributed by atoms with Crippen LogP contribution in [0.25, 0.3) is 0 Å². The summed E-state index contributed by atoms with van der Waals surface area (Å²) >= 11 is 1.52. The smallest absolute Gasteiger partial charge is 0.305 e. The van der Waals surface area contributed by atoms with Crippen LogP contribution in [0.15, 0.2) is 24.0 Å². The Bertz CT molecular complexity index is 538. The van der Waals surface area contributed by atoms with Crippen molar-refractivity contribution in [3.8, 4) is 0 Å². The molecule has 7 nitrogen and oxygen atoms in total. The summed E-state index contributed by atoms with van der Waals surface area (Å²) in [7, 11) is 0. The van der Waals surface area contributed by atoms with Gasteiger partial charge in [0.15, 0.2) is 0 Å². The normalized spacial score (nSPS) is 11.2.